The Balaban J connectivity index is 1.25. The van der Waals surface area contributed by atoms with Gasteiger partial charge in [-0.25, -0.2) is 0 Å². The van der Waals surface area contributed by atoms with Crippen LogP contribution < -0.4 is 10.5 Å². The summed E-state index contributed by atoms with van der Waals surface area (Å²) >= 11 is 0. The first-order valence-electron chi connectivity index (χ1n) is 12.1. The highest BCUT2D eigenvalue weighted by Crippen LogP contribution is 2.22. The molecule has 0 bridgehead atoms. The predicted molar refractivity (Wildman–Crippen MR) is 134 cm³/mol. The van der Waals surface area contributed by atoms with Gasteiger partial charge >= 0.3 is 0 Å². The summed E-state index contributed by atoms with van der Waals surface area (Å²) in [6.45, 7) is 7.20. The van der Waals surface area contributed by atoms with Gasteiger partial charge in [-0.3, -0.25) is 14.5 Å². The molecule has 34 heavy (non-hydrogen) atoms. The lowest BCUT2D eigenvalue weighted by atomic mass is 10.00. The van der Waals surface area contributed by atoms with E-state index in [2.05, 4.69) is 34.1 Å². The summed E-state index contributed by atoms with van der Waals surface area (Å²) in [5.41, 5.74) is 3.70. The molecule has 0 spiro atoms. The summed E-state index contributed by atoms with van der Waals surface area (Å²) in [5.74, 6) is 0.117. The predicted octanol–water partition coefficient (Wildman–Crippen LogP) is 2.09. The minimum absolute atomic E-state index is 0.0755. The van der Waals surface area contributed by atoms with Crippen LogP contribution in [0.2, 0.25) is 0 Å². The minimum Gasteiger partial charge on any atom is -0.390 e. The van der Waals surface area contributed by atoms with Crippen LogP contribution in [-0.2, 0) is 24.3 Å². The summed E-state index contributed by atoms with van der Waals surface area (Å²) in [6, 6.07) is 16.3. The smallest absolute Gasteiger partial charge is 0.258 e. The minimum atomic E-state index is -0.614. The molecule has 1 fully saturated rings. The van der Waals surface area contributed by atoms with Gasteiger partial charge in [-0.1, -0.05) is 24.3 Å². The number of amides is 1. The standard InChI is InChI=1S/C27H32N4O3/c1-20(32)29-12-14-30(15-13-29)24-6-7-26-22(16-24)9-11-31(27(26)34)19-25(33)18-28-10-8-21-4-2-3-5-23(21)17-28/h2-7,9,11,16,25,33H,8,10,12-15,17-19H2,1H3/t25-/m1/s1. The van der Waals surface area contributed by atoms with E-state index < -0.39 is 6.10 Å². The Kier molecular flexibility index (Phi) is 6.39. The van der Waals surface area contributed by atoms with Crippen LogP contribution in [0.4, 0.5) is 5.69 Å². The van der Waals surface area contributed by atoms with Gasteiger partial charge in [0.1, 0.15) is 0 Å². The van der Waals surface area contributed by atoms with Crippen LogP contribution in [0.5, 0.6) is 0 Å². The van der Waals surface area contributed by atoms with E-state index in [1.54, 1.807) is 17.7 Å². The average molecular weight is 461 g/mol. The molecule has 1 N–H and O–H groups in total. The highest BCUT2D eigenvalue weighted by atomic mass is 16.3. The number of hydrogen-bond acceptors (Lipinski definition) is 5. The lowest BCUT2D eigenvalue weighted by Crippen LogP contribution is -2.48. The molecule has 0 unspecified atom stereocenters. The molecule has 3 heterocycles. The SMILES string of the molecule is CC(=O)N1CCN(c2ccc3c(=O)n(C[C@H](O)CN4CCc5ccccc5C4)ccc3c2)CC1. The number of benzene rings is 2. The molecule has 1 saturated heterocycles. The second-order valence-corrected chi connectivity index (χ2v) is 9.45. The van der Waals surface area contributed by atoms with Crippen molar-refractivity contribution >= 4 is 22.4 Å². The molecule has 3 aromatic rings. The van der Waals surface area contributed by atoms with Crippen LogP contribution >= 0.6 is 0 Å². The van der Waals surface area contributed by atoms with E-state index in [0.29, 0.717) is 11.9 Å². The zero-order valence-corrected chi connectivity index (χ0v) is 19.7. The van der Waals surface area contributed by atoms with Gasteiger partial charge in [0.05, 0.1) is 12.6 Å². The fourth-order valence-corrected chi connectivity index (χ4v) is 5.19. The van der Waals surface area contributed by atoms with Gasteiger partial charge in [-0.15, -0.1) is 0 Å². The fraction of sp³-hybridized carbons (Fsp3) is 0.407. The summed E-state index contributed by atoms with van der Waals surface area (Å²) in [7, 11) is 0. The monoisotopic (exact) mass is 460 g/mol. The van der Waals surface area contributed by atoms with Crippen molar-refractivity contribution in [2.75, 3.05) is 44.2 Å². The van der Waals surface area contributed by atoms with Crippen molar-refractivity contribution in [2.24, 2.45) is 0 Å². The number of carbonyl (C=O) groups excluding carboxylic acids is 1. The number of β-amino-alcohol motifs (C(OH)–C–C–N with tert-alkyl or cyclic N) is 1. The summed E-state index contributed by atoms with van der Waals surface area (Å²) < 4.78 is 1.62. The first-order valence-corrected chi connectivity index (χ1v) is 12.1. The highest BCUT2D eigenvalue weighted by molar-refractivity contribution is 5.85. The van der Waals surface area contributed by atoms with Gasteiger partial charge in [0.25, 0.3) is 5.56 Å². The van der Waals surface area contributed by atoms with Crippen LogP contribution in [0.3, 0.4) is 0 Å². The number of rotatable bonds is 5. The molecule has 2 aliphatic heterocycles. The second kappa shape index (κ2) is 9.60. The average Bonchev–Trinajstić information content (AvgIpc) is 2.85. The number of nitrogens with zero attached hydrogens (tertiary/aromatic N) is 4. The van der Waals surface area contributed by atoms with Gasteiger partial charge in [-0.2, -0.15) is 0 Å². The van der Waals surface area contributed by atoms with E-state index in [1.165, 1.54) is 11.1 Å². The molecule has 1 aromatic heterocycles. The summed E-state index contributed by atoms with van der Waals surface area (Å²) in [6.07, 6.45) is 2.17. The van der Waals surface area contributed by atoms with Crippen LogP contribution in [-0.4, -0.2) is 70.8 Å². The Bertz CT molecular complexity index is 1250. The van der Waals surface area contributed by atoms with E-state index in [4.69, 9.17) is 0 Å². The number of aliphatic hydroxyl groups excluding tert-OH is 1. The number of piperazine rings is 1. The van der Waals surface area contributed by atoms with Crippen molar-refractivity contribution in [3.05, 3.63) is 76.2 Å². The molecule has 2 aromatic carbocycles. The normalized spacial score (nSPS) is 17.6. The molecule has 0 aliphatic carbocycles. The Labute approximate surface area is 199 Å². The maximum Gasteiger partial charge on any atom is 0.258 e. The van der Waals surface area contributed by atoms with Crippen molar-refractivity contribution in [2.45, 2.75) is 32.5 Å². The third kappa shape index (κ3) is 4.72. The van der Waals surface area contributed by atoms with Crippen LogP contribution in [0.15, 0.2) is 59.5 Å². The van der Waals surface area contributed by atoms with E-state index in [9.17, 15) is 14.7 Å². The largest absolute Gasteiger partial charge is 0.390 e. The van der Waals surface area contributed by atoms with Gasteiger partial charge in [0.2, 0.25) is 5.91 Å². The van der Waals surface area contributed by atoms with E-state index in [-0.39, 0.29) is 18.0 Å². The fourth-order valence-electron chi connectivity index (χ4n) is 5.19. The second-order valence-electron chi connectivity index (χ2n) is 9.45. The van der Waals surface area contributed by atoms with Crippen molar-refractivity contribution in [3.8, 4) is 0 Å². The molecule has 7 heteroatoms. The molecule has 7 nitrogen and oxygen atoms in total. The van der Waals surface area contributed by atoms with Crippen LogP contribution in [0.1, 0.15) is 18.1 Å². The lowest BCUT2D eigenvalue weighted by molar-refractivity contribution is -0.129. The first kappa shape index (κ1) is 22.6. The third-order valence-electron chi connectivity index (χ3n) is 7.14. The molecular formula is C27H32N4O3. The molecule has 0 radical (unpaired) electrons. The molecule has 178 valence electrons. The first-order chi connectivity index (χ1) is 16.5. The molecule has 1 atom stereocenters. The third-order valence-corrected chi connectivity index (χ3v) is 7.14. The maximum absolute atomic E-state index is 13.1. The molecule has 2 aliphatic rings. The Morgan fingerprint density at radius 1 is 0.971 bits per heavy atom. The Morgan fingerprint density at radius 2 is 1.74 bits per heavy atom. The van der Waals surface area contributed by atoms with Crippen molar-refractivity contribution in [1.82, 2.24) is 14.4 Å². The zero-order valence-electron chi connectivity index (χ0n) is 19.7. The van der Waals surface area contributed by atoms with Crippen molar-refractivity contribution < 1.29 is 9.90 Å². The summed E-state index contributed by atoms with van der Waals surface area (Å²) in [5, 5.41) is 12.3. The van der Waals surface area contributed by atoms with Crippen molar-refractivity contribution in [3.63, 3.8) is 0 Å². The summed E-state index contributed by atoms with van der Waals surface area (Å²) in [4.78, 5) is 31.1. The Hall–Kier alpha value is -3.16. The quantitative estimate of drug-likeness (QED) is 0.632. The number of pyridine rings is 1. The number of aromatic nitrogens is 1. The number of anilines is 1. The van der Waals surface area contributed by atoms with Gasteiger partial charge < -0.3 is 19.5 Å². The van der Waals surface area contributed by atoms with Gasteiger partial charge in [0.15, 0.2) is 0 Å². The van der Waals surface area contributed by atoms with Crippen molar-refractivity contribution in [1.29, 1.82) is 0 Å². The van der Waals surface area contributed by atoms with Gasteiger partial charge in [-0.05, 0) is 47.2 Å². The molecular weight excluding hydrogens is 428 g/mol. The number of fused-ring (bicyclic) bond motifs is 2. The number of carbonyl (C=O) groups is 1. The topological polar surface area (TPSA) is 69.0 Å². The van der Waals surface area contributed by atoms with E-state index in [1.807, 2.05) is 29.2 Å². The Morgan fingerprint density at radius 3 is 2.50 bits per heavy atom. The van der Waals surface area contributed by atoms with E-state index >= 15 is 0 Å². The van der Waals surface area contributed by atoms with Gasteiger partial charge in [0, 0.05) is 70.0 Å². The van der Waals surface area contributed by atoms with Crippen LogP contribution in [0, 0.1) is 0 Å². The molecule has 0 saturated carbocycles. The van der Waals surface area contributed by atoms with E-state index in [0.717, 1.165) is 56.8 Å². The number of hydrogen-bond donors (Lipinski definition) is 1. The molecule has 5 rings (SSSR count). The zero-order chi connectivity index (χ0) is 23.7. The number of aliphatic hydroxyl groups is 1. The highest BCUT2D eigenvalue weighted by Gasteiger charge is 2.21. The maximum atomic E-state index is 13.1. The molecule has 1 amide bonds. The lowest BCUT2D eigenvalue weighted by Gasteiger charge is -2.35. The van der Waals surface area contributed by atoms with Crippen LogP contribution in [0.25, 0.3) is 10.8 Å².